The first-order valence-corrected chi connectivity index (χ1v) is 9.03. The lowest BCUT2D eigenvalue weighted by atomic mass is 10.1. The van der Waals surface area contributed by atoms with Gasteiger partial charge in [-0.3, -0.25) is 9.89 Å². The van der Waals surface area contributed by atoms with Crippen molar-refractivity contribution in [3.05, 3.63) is 58.8 Å². The van der Waals surface area contributed by atoms with Crippen LogP contribution in [-0.4, -0.2) is 29.8 Å². The second-order valence-corrected chi connectivity index (χ2v) is 6.83. The number of carbonyl (C=O) groups excluding carboxylic acids is 1. The highest BCUT2D eigenvalue weighted by Gasteiger charge is 2.24. The van der Waals surface area contributed by atoms with Gasteiger partial charge in [-0.25, -0.2) is 8.78 Å². The summed E-state index contributed by atoms with van der Waals surface area (Å²) >= 11 is 0. The number of hydrogen-bond donors (Lipinski definition) is 2. The van der Waals surface area contributed by atoms with E-state index in [0.29, 0.717) is 40.4 Å². The maximum Gasteiger partial charge on any atom is 0.255 e. The zero-order valence-electron chi connectivity index (χ0n) is 15.3. The molecule has 2 aromatic carbocycles. The number of fused-ring (bicyclic) bond motifs is 1. The highest BCUT2D eigenvalue weighted by atomic mass is 19.1. The normalized spacial score (nSPS) is 14.0. The summed E-state index contributed by atoms with van der Waals surface area (Å²) in [6.07, 6.45) is 5.40. The summed E-state index contributed by atoms with van der Waals surface area (Å²) < 4.78 is 32.4. The van der Waals surface area contributed by atoms with Crippen LogP contribution in [-0.2, 0) is 0 Å². The van der Waals surface area contributed by atoms with Crippen molar-refractivity contribution in [2.45, 2.75) is 12.8 Å². The molecular weight excluding hydrogens is 364 g/mol. The van der Waals surface area contributed by atoms with Gasteiger partial charge in [0.15, 0.2) is 0 Å². The first-order chi connectivity index (χ1) is 13.6. The molecular formula is C21H19F2N3O2. The van der Waals surface area contributed by atoms with Gasteiger partial charge in [0, 0.05) is 18.2 Å². The molecule has 1 aliphatic carbocycles. The summed E-state index contributed by atoms with van der Waals surface area (Å²) in [5, 5.41) is 10.7. The average Bonchev–Trinajstić information content (AvgIpc) is 3.43. The van der Waals surface area contributed by atoms with Crippen molar-refractivity contribution in [1.29, 1.82) is 0 Å². The third-order valence-electron chi connectivity index (χ3n) is 4.79. The Balaban J connectivity index is 1.69. The molecule has 1 heterocycles. The number of rotatable bonds is 6. The van der Waals surface area contributed by atoms with Crippen LogP contribution in [0.1, 0.15) is 34.5 Å². The molecule has 1 saturated carbocycles. The minimum absolute atomic E-state index is 0.202. The summed E-state index contributed by atoms with van der Waals surface area (Å²) in [6.45, 7) is 0.655. The van der Waals surface area contributed by atoms with E-state index >= 15 is 0 Å². The standard InChI is InChI=1S/C21H19F2N3O2/c1-28-20-15(21(27)24-11-12-2-3-12)7-9-18-19(20)17(25-26-18)8-5-13-4-6-14(22)10-16(13)23/h4-10,12H,2-3,11H2,1H3,(H,24,27)(H,25,26)/b8-5+. The molecule has 1 aromatic heterocycles. The maximum atomic E-state index is 13.9. The summed E-state index contributed by atoms with van der Waals surface area (Å²) in [5.74, 6) is -0.534. The Labute approximate surface area is 160 Å². The number of halogens is 2. The van der Waals surface area contributed by atoms with Gasteiger partial charge < -0.3 is 10.1 Å². The predicted molar refractivity (Wildman–Crippen MR) is 103 cm³/mol. The van der Waals surface area contributed by atoms with Crippen LogP contribution in [0.15, 0.2) is 30.3 Å². The number of aromatic amines is 1. The summed E-state index contributed by atoms with van der Waals surface area (Å²) in [5.41, 5.74) is 1.83. The summed E-state index contributed by atoms with van der Waals surface area (Å²) in [7, 11) is 1.49. The monoisotopic (exact) mass is 383 g/mol. The van der Waals surface area contributed by atoms with Gasteiger partial charge in [0.05, 0.1) is 29.3 Å². The lowest BCUT2D eigenvalue weighted by molar-refractivity contribution is 0.0949. The van der Waals surface area contributed by atoms with Crippen LogP contribution in [0.4, 0.5) is 8.78 Å². The van der Waals surface area contributed by atoms with E-state index < -0.39 is 11.6 Å². The number of benzene rings is 2. The Kier molecular flexibility index (Phi) is 4.81. The number of ether oxygens (including phenoxy) is 1. The Bertz CT molecular complexity index is 1070. The van der Waals surface area contributed by atoms with E-state index in [1.807, 2.05) is 0 Å². The molecule has 144 valence electrons. The molecule has 0 spiro atoms. The fourth-order valence-corrected chi connectivity index (χ4v) is 3.08. The van der Waals surface area contributed by atoms with Gasteiger partial charge >= 0.3 is 0 Å². The SMILES string of the molecule is COc1c(C(=O)NCC2CC2)ccc2[nH]nc(/C=C/c3ccc(F)cc3F)c12. The van der Waals surface area contributed by atoms with E-state index in [0.717, 1.165) is 18.9 Å². The van der Waals surface area contributed by atoms with Crippen LogP contribution in [0.2, 0.25) is 0 Å². The van der Waals surface area contributed by atoms with Crippen molar-refractivity contribution in [2.24, 2.45) is 5.92 Å². The van der Waals surface area contributed by atoms with E-state index in [1.165, 1.54) is 25.3 Å². The average molecular weight is 383 g/mol. The van der Waals surface area contributed by atoms with Crippen LogP contribution >= 0.6 is 0 Å². The van der Waals surface area contributed by atoms with Crippen molar-refractivity contribution in [2.75, 3.05) is 13.7 Å². The maximum absolute atomic E-state index is 13.9. The number of aromatic nitrogens is 2. The largest absolute Gasteiger partial charge is 0.495 e. The van der Waals surface area contributed by atoms with Crippen LogP contribution in [0.5, 0.6) is 5.75 Å². The van der Waals surface area contributed by atoms with Crippen LogP contribution in [0.25, 0.3) is 23.1 Å². The van der Waals surface area contributed by atoms with Crippen molar-refractivity contribution < 1.29 is 18.3 Å². The molecule has 5 nitrogen and oxygen atoms in total. The molecule has 1 amide bonds. The number of carbonyl (C=O) groups is 1. The van der Waals surface area contributed by atoms with Gasteiger partial charge in [0.25, 0.3) is 5.91 Å². The minimum Gasteiger partial charge on any atom is -0.495 e. The topological polar surface area (TPSA) is 67.0 Å². The van der Waals surface area contributed by atoms with Crippen LogP contribution in [0, 0.1) is 17.6 Å². The zero-order chi connectivity index (χ0) is 19.7. The van der Waals surface area contributed by atoms with Gasteiger partial charge in [-0.15, -0.1) is 0 Å². The predicted octanol–water partition coefficient (Wildman–Crippen LogP) is 4.16. The Morgan fingerprint density at radius 3 is 2.82 bits per heavy atom. The summed E-state index contributed by atoms with van der Waals surface area (Å²) in [6, 6.07) is 6.81. The smallest absolute Gasteiger partial charge is 0.255 e. The third-order valence-corrected chi connectivity index (χ3v) is 4.79. The highest BCUT2D eigenvalue weighted by Crippen LogP contribution is 2.33. The second-order valence-electron chi connectivity index (χ2n) is 6.83. The van der Waals surface area contributed by atoms with E-state index in [-0.39, 0.29) is 11.5 Å². The molecule has 1 aliphatic rings. The number of amides is 1. The minimum atomic E-state index is -0.664. The number of nitrogens with zero attached hydrogens (tertiary/aromatic N) is 1. The van der Waals surface area contributed by atoms with Crippen molar-refractivity contribution in [3.8, 4) is 5.75 Å². The van der Waals surface area contributed by atoms with E-state index in [9.17, 15) is 13.6 Å². The molecule has 0 unspecified atom stereocenters. The van der Waals surface area contributed by atoms with Crippen molar-refractivity contribution >= 4 is 29.0 Å². The fourth-order valence-electron chi connectivity index (χ4n) is 3.08. The second kappa shape index (κ2) is 7.42. The quantitative estimate of drug-likeness (QED) is 0.672. The Morgan fingerprint density at radius 1 is 1.29 bits per heavy atom. The van der Waals surface area contributed by atoms with Crippen LogP contribution in [0.3, 0.4) is 0 Å². The summed E-state index contributed by atoms with van der Waals surface area (Å²) in [4.78, 5) is 12.6. The van der Waals surface area contributed by atoms with Gasteiger partial charge in [0.1, 0.15) is 17.4 Å². The Morgan fingerprint density at radius 2 is 2.11 bits per heavy atom. The van der Waals surface area contributed by atoms with Crippen molar-refractivity contribution in [1.82, 2.24) is 15.5 Å². The first kappa shape index (κ1) is 18.2. The molecule has 7 heteroatoms. The third kappa shape index (κ3) is 3.60. The zero-order valence-corrected chi connectivity index (χ0v) is 15.3. The van der Waals surface area contributed by atoms with Gasteiger partial charge in [0.2, 0.25) is 0 Å². The number of H-pyrrole nitrogens is 1. The molecule has 2 N–H and O–H groups in total. The van der Waals surface area contributed by atoms with Gasteiger partial charge in [-0.05, 0) is 55.2 Å². The molecule has 0 radical (unpaired) electrons. The lowest BCUT2D eigenvalue weighted by Crippen LogP contribution is -2.26. The molecule has 3 aromatic rings. The number of nitrogens with one attached hydrogen (secondary N) is 2. The molecule has 0 atom stereocenters. The van der Waals surface area contributed by atoms with Crippen molar-refractivity contribution in [3.63, 3.8) is 0 Å². The molecule has 0 aliphatic heterocycles. The van der Waals surface area contributed by atoms with E-state index in [4.69, 9.17) is 4.74 Å². The first-order valence-electron chi connectivity index (χ1n) is 9.03. The van der Waals surface area contributed by atoms with Gasteiger partial charge in [-0.1, -0.05) is 0 Å². The fraction of sp³-hybridized carbons (Fsp3) is 0.238. The van der Waals surface area contributed by atoms with E-state index in [2.05, 4.69) is 15.5 Å². The molecule has 0 saturated heterocycles. The molecule has 28 heavy (non-hydrogen) atoms. The van der Waals surface area contributed by atoms with E-state index in [1.54, 1.807) is 18.2 Å². The van der Waals surface area contributed by atoms with Gasteiger partial charge in [-0.2, -0.15) is 5.10 Å². The highest BCUT2D eigenvalue weighted by molar-refractivity contribution is 6.05. The van der Waals surface area contributed by atoms with Crippen LogP contribution < -0.4 is 10.1 Å². The number of hydrogen-bond acceptors (Lipinski definition) is 3. The molecule has 4 rings (SSSR count). The molecule has 1 fully saturated rings. The molecule has 0 bridgehead atoms. The Hall–Kier alpha value is -3.22. The number of methoxy groups -OCH3 is 1. The lowest BCUT2D eigenvalue weighted by Gasteiger charge is -2.10.